The minimum atomic E-state index is -0.396. The maximum Gasteiger partial charge on any atom is 0.255 e. The van der Waals surface area contributed by atoms with Crippen molar-refractivity contribution in [2.24, 2.45) is 0 Å². The Labute approximate surface area is 109 Å². The highest BCUT2D eigenvalue weighted by Gasteiger charge is 2.21. The second-order valence-corrected chi connectivity index (χ2v) is 4.07. The van der Waals surface area contributed by atoms with Gasteiger partial charge in [0.15, 0.2) is 0 Å². The summed E-state index contributed by atoms with van der Waals surface area (Å²) in [4.78, 5) is 24.5. The molecule has 2 rings (SSSR count). The molecule has 0 atom stereocenters. The highest BCUT2D eigenvalue weighted by molar-refractivity contribution is 6.02. The third-order valence-electron chi connectivity index (χ3n) is 2.79. The van der Waals surface area contributed by atoms with Crippen molar-refractivity contribution in [3.8, 4) is 12.1 Å². The smallest absolute Gasteiger partial charge is 0.255 e. The van der Waals surface area contributed by atoms with Gasteiger partial charge in [-0.25, -0.2) is 0 Å². The lowest BCUT2D eigenvalue weighted by Crippen LogP contribution is -2.31. The van der Waals surface area contributed by atoms with E-state index >= 15 is 0 Å². The van der Waals surface area contributed by atoms with E-state index in [0.29, 0.717) is 17.7 Å². The molecule has 0 spiro atoms. The topological polar surface area (TPSA) is 97.0 Å². The van der Waals surface area contributed by atoms with Gasteiger partial charge in [0.2, 0.25) is 5.91 Å². The van der Waals surface area contributed by atoms with Crippen LogP contribution in [0.2, 0.25) is 0 Å². The Morgan fingerprint density at radius 3 is 2.63 bits per heavy atom. The molecule has 0 fully saturated rings. The van der Waals surface area contributed by atoms with Crippen molar-refractivity contribution in [2.75, 3.05) is 18.4 Å². The summed E-state index contributed by atoms with van der Waals surface area (Å²) in [7, 11) is 0. The number of nitrogens with zero attached hydrogens (tertiary/aromatic N) is 3. The number of fused-ring (bicyclic) bond motifs is 1. The minimum absolute atomic E-state index is 0.106. The van der Waals surface area contributed by atoms with Crippen molar-refractivity contribution in [1.82, 2.24) is 4.90 Å². The molecule has 19 heavy (non-hydrogen) atoms. The number of rotatable bonds is 3. The van der Waals surface area contributed by atoms with Crippen LogP contribution in [0.15, 0.2) is 18.2 Å². The maximum atomic E-state index is 12.1. The van der Waals surface area contributed by atoms with Gasteiger partial charge >= 0.3 is 0 Å². The normalized spacial score (nSPS) is 12.0. The molecule has 1 aliphatic rings. The summed E-state index contributed by atoms with van der Waals surface area (Å²) in [6, 6.07) is 8.57. The van der Waals surface area contributed by atoms with E-state index in [-0.39, 0.29) is 19.0 Å². The van der Waals surface area contributed by atoms with Gasteiger partial charge in [0.1, 0.15) is 13.1 Å². The lowest BCUT2D eigenvalue weighted by molar-refractivity contribution is -0.115. The van der Waals surface area contributed by atoms with Gasteiger partial charge in [-0.15, -0.1) is 0 Å². The predicted octanol–water partition coefficient (Wildman–Crippen LogP) is 0.671. The molecule has 0 aliphatic carbocycles. The molecule has 0 bridgehead atoms. The van der Waals surface area contributed by atoms with Gasteiger partial charge in [-0.1, -0.05) is 6.07 Å². The Hall–Kier alpha value is -2.86. The fourth-order valence-corrected chi connectivity index (χ4v) is 1.90. The zero-order valence-electron chi connectivity index (χ0n) is 10.0. The molecule has 6 nitrogen and oxygen atoms in total. The molecule has 1 heterocycles. The summed E-state index contributed by atoms with van der Waals surface area (Å²) in [5.41, 5.74) is 1.81. The van der Waals surface area contributed by atoms with Crippen LogP contribution in [-0.4, -0.2) is 29.8 Å². The summed E-state index contributed by atoms with van der Waals surface area (Å²) >= 11 is 0. The first-order valence-corrected chi connectivity index (χ1v) is 5.61. The Kier molecular flexibility index (Phi) is 3.44. The molecular weight excluding hydrogens is 244 g/mol. The molecule has 0 saturated heterocycles. The number of hydrogen-bond acceptors (Lipinski definition) is 4. The van der Waals surface area contributed by atoms with Crippen LogP contribution in [0.4, 0.5) is 5.69 Å². The van der Waals surface area contributed by atoms with Crippen LogP contribution in [0.5, 0.6) is 0 Å². The Morgan fingerprint density at radius 2 is 2.00 bits per heavy atom. The Balaban J connectivity index is 2.25. The van der Waals surface area contributed by atoms with Crippen LogP contribution in [0.3, 0.4) is 0 Å². The summed E-state index contributed by atoms with van der Waals surface area (Å²) in [5.74, 6) is -0.502. The van der Waals surface area contributed by atoms with E-state index in [1.54, 1.807) is 18.2 Å². The first kappa shape index (κ1) is 12.6. The van der Waals surface area contributed by atoms with Gasteiger partial charge in [0.25, 0.3) is 5.91 Å². The third kappa shape index (κ3) is 2.53. The zero-order valence-corrected chi connectivity index (χ0v) is 10.0. The van der Waals surface area contributed by atoms with Crippen LogP contribution in [0.1, 0.15) is 15.9 Å². The molecule has 0 saturated carbocycles. The highest BCUT2D eigenvalue weighted by Crippen LogP contribution is 2.24. The average Bonchev–Trinajstić information content (AvgIpc) is 2.76. The van der Waals surface area contributed by atoms with Crippen molar-refractivity contribution in [2.45, 2.75) is 6.42 Å². The highest BCUT2D eigenvalue weighted by atomic mass is 16.2. The monoisotopic (exact) mass is 254 g/mol. The van der Waals surface area contributed by atoms with Crippen molar-refractivity contribution in [3.63, 3.8) is 0 Å². The zero-order chi connectivity index (χ0) is 13.8. The number of nitrogens with one attached hydrogen (secondary N) is 1. The first-order chi connectivity index (χ1) is 9.15. The lowest BCUT2D eigenvalue weighted by Gasteiger charge is -2.16. The average molecular weight is 254 g/mol. The third-order valence-corrected chi connectivity index (χ3v) is 2.79. The lowest BCUT2D eigenvalue weighted by atomic mass is 10.1. The number of benzene rings is 1. The number of carbonyl (C=O) groups is 2. The number of nitriles is 2. The summed E-state index contributed by atoms with van der Waals surface area (Å²) in [6.07, 6.45) is 0.309. The molecule has 0 aromatic heterocycles. The van der Waals surface area contributed by atoms with Crippen LogP contribution in [0.25, 0.3) is 0 Å². The van der Waals surface area contributed by atoms with Crippen LogP contribution < -0.4 is 5.32 Å². The molecular formula is C13H10N4O2. The van der Waals surface area contributed by atoms with Crippen molar-refractivity contribution >= 4 is 17.5 Å². The van der Waals surface area contributed by atoms with Gasteiger partial charge < -0.3 is 10.2 Å². The van der Waals surface area contributed by atoms with E-state index in [0.717, 1.165) is 10.5 Å². The first-order valence-electron chi connectivity index (χ1n) is 5.61. The molecule has 0 unspecified atom stereocenters. The van der Waals surface area contributed by atoms with Gasteiger partial charge in [0.05, 0.1) is 18.6 Å². The van der Waals surface area contributed by atoms with E-state index in [9.17, 15) is 9.59 Å². The van der Waals surface area contributed by atoms with Crippen molar-refractivity contribution < 1.29 is 9.59 Å². The van der Waals surface area contributed by atoms with Gasteiger partial charge in [-0.3, -0.25) is 9.59 Å². The molecule has 6 heteroatoms. The molecule has 94 valence electrons. The standard InChI is InChI=1S/C13H10N4O2/c14-3-5-17(6-4-15)13(19)10-2-1-9-8-12(18)16-11(9)7-10/h1-2,7H,5-6,8H2,(H,16,18). The van der Waals surface area contributed by atoms with Gasteiger partial charge in [-0.05, 0) is 17.7 Å². The molecule has 1 aliphatic heterocycles. The Bertz CT molecular complexity index is 609. The fraction of sp³-hybridized carbons (Fsp3) is 0.231. The number of amides is 2. The van der Waals surface area contributed by atoms with E-state index in [1.807, 2.05) is 12.1 Å². The fourth-order valence-electron chi connectivity index (χ4n) is 1.90. The molecule has 1 aromatic rings. The van der Waals surface area contributed by atoms with Crippen LogP contribution in [-0.2, 0) is 11.2 Å². The number of anilines is 1. The molecule has 2 amide bonds. The van der Waals surface area contributed by atoms with Gasteiger partial charge in [0, 0.05) is 11.3 Å². The summed E-state index contributed by atoms with van der Waals surface area (Å²) < 4.78 is 0. The van der Waals surface area contributed by atoms with E-state index in [1.165, 1.54) is 0 Å². The largest absolute Gasteiger partial charge is 0.326 e. The SMILES string of the molecule is N#CCN(CC#N)C(=O)c1ccc2c(c1)NC(=O)C2. The summed E-state index contributed by atoms with van der Waals surface area (Å²) in [6.45, 7) is -0.286. The quantitative estimate of drug-likeness (QED) is 0.801. The predicted molar refractivity (Wildman–Crippen MR) is 65.9 cm³/mol. The van der Waals surface area contributed by atoms with E-state index in [4.69, 9.17) is 10.5 Å². The van der Waals surface area contributed by atoms with E-state index in [2.05, 4.69) is 5.32 Å². The van der Waals surface area contributed by atoms with Crippen LogP contribution >= 0.6 is 0 Å². The number of carbonyl (C=O) groups excluding carboxylic acids is 2. The van der Waals surface area contributed by atoms with Gasteiger partial charge in [-0.2, -0.15) is 10.5 Å². The number of hydrogen-bond donors (Lipinski definition) is 1. The molecule has 1 aromatic carbocycles. The molecule has 0 radical (unpaired) electrons. The minimum Gasteiger partial charge on any atom is -0.326 e. The summed E-state index contributed by atoms with van der Waals surface area (Å²) in [5, 5.41) is 19.9. The van der Waals surface area contributed by atoms with Crippen LogP contribution in [0, 0.1) is 22.7 Å². The maximum absolute atomic E-state index is 12.1. The Morgan fingerprint density at radius 1 is 1.32 bits per heavy atom. The second-order valence-electron chi connectivity index (χ2n) is 4.07. The van der Waals surface area contributed by atoms with Crippen molar-refractivity contribution in [1.29, 1.82) is 10.5 Å². The van der Waals surface area contributed by atoms with E-state index < -0.39 is 5.91 Å². The molecule has 1 N–H and O–H groups in total. The second kappa shape index (κ2) is 5.19. The van der Waals surface area contributed by atoms with Crippen molar-refractivity contribution in [3.05, 3.63) is 29.3 Å².